The molecule has 1 fully saturated rings. The summed E-state index contributed by atoms with van der Waals surface area (Å²) in [5.41, 5.74) is 0.412. The predicted molar refractivity (Wildman–Crippen MR) is 73.5 cm³/mol. The van der Waals surface area contributed by atoms with Crippen molar-refractivity contribution in [2.75, 3.05) is 26.3 Å². The second-order valence-electron chi connectivity index (χ2n) is 5.00. The van der Waals surface area contributed by atoms with E-state index in [1.54, 1.807) is 18.2 Å². The molecule has 1 aromatic rings. The van der Waals surface area contributed by atoms with E-state index in [1.807, 2.05) is 4.90 Å². The van der Waals surface area contributed by atoms with Gasteiger partial charge in [-0.3, -0.25) is 14.1 Å². The first-order valence-corrected chi connectivity index (χ1v) is 7.06. The number of amides is 1. The number of hydrogen-bond donors (Lipinski definition) is 1. The van der Waals surface area contributed by atoms with E-state index in [2.05, 4.69) is 5.32 Å². The number of hydrogen-bond acceptors (Lipinski definition) is 2. The fourth-order valence-electron chi connectivity index (χ4n) is 2.58. The van der Waals surface area contributed by atoms with E-state index in [-0.39, 0.29) is 18.4 Å². The molecule has 110 valence electrons. The van der Waals surface area contributed by atoms with Gasteiger partial charge < -0.3 is 5.32 Å². The SMILES string of the molecule is O=C1NCCN(CCCCCF)[C@H]1c1ccccc1F. The van der Waals surface area contributed by atoms with Gasteiger partial charge in [-0.1, -0.05) is 18.2 Å². The molecule has 0 saturated carbocycles. The Morgan fingerprint density at radius 2 is 2.05 bits per heavy atom. The number of carbonyl (C=O) groups excluding carboxylic acids is 1. The number of halogens is 2. The van der Waals surface area contributed by atoms with E-state index in [0.717, 1.165) is 12.8 Å². The lowest BCUT2D eigenvalue weighted by molar-refractivity contribution is -0.129. The van der Waals surface area contributed by atoms with Crippen molar-refractivity contribution in [1.29, 1.82) is 0 Å². The van der Waals surface area contributed by atoms with Crippen LogP contribution in [0.25, 0.3) is 0 Å². The Labute approximate surface area is 118 Å². The van der Waals surface area contributed by atoms with Gasteiger partial charge in [0.2, 0.25) is 5.91 Å². The van der Waals surface area contributed by atoms with Gasteiger partial charge in [0.05, 0.1) is 6.67 Å². The molecule has 0 aliphatic carbocycles. The predicted octanol–water partition coefficient (Wildman–Crippen LogP) is 2.44. The highest BCUT2D eigenvalue weighted by atomic mass is 19.1. The van der Waals surface area contributed by atoms with Crippen LogP contribution in [0.2, 0.25) is 0 Å². The molecule has 1 aliphatic heterocycles. The molecular weight excluding hydrogens is 262 g/mol. The van der Waals surface area contributed by atoms with E-state index >= 15 is 0 Å². The van der Waals surface area contributed by atoms with Crippen LogP contribution >= 0.6 is 0 Å². The highest BCUT2D eigenvalue weighted by Crippen LogP contribution is 2.25. The number of piperazine rings is 1. The minimum absolute atomic E-state index is 0.160. The smallest absolute Gasteiger partial charge is 0.242 e. The summed E-state index contributed by atoms with van der Waals surface area (Å²) in [6, 6.07) is 5.81. The fourth-order valence-corrected chi connectivity index (χ4v) is 2.58. The van der Waals surface area contributed by atoms with Crippen molar-refractivity contribution in [3.8, 4) is 0 Å². The van der Waals surface area contributed by atoms with Gasteiger partial charge in [-0.25, -0.2) is 4.39 Å². The molecule has 1 aromatic carbocycles. The Morgan fingerprint density at radius 3 is 2.80 bits per heavy atom. The maximum Gasteiger partial charge on any atom is 0.242 e. The van der Waals surface area contributed by atoms with E-state index in [1.165, 1.54) is 6.07 Å². The summed E-state index contributed by atoms with van der Waals surface area (Å²) in [5, 5.41) is 2.78. The zero-order chi connectivity index (χ0) is 14.4. The molecule has 2 rings (SSSR count). The molecule has 1 amide bonds. The first-order chi connectivity index (χ1) is 9.74. The summed E-state index contributed by atoms with van der Waals surface area (Å²) < 4.78 is 26.0. The van der Waals surface area contributed by atoms with E-state index in [9.17, 15) is 13.6 Å². The zero-order valence-electron chi connectivity index (χ0n) is 11.4. The van der Waals surface area contributed by atoms with Crippen LogP contribution < -0.4 is 5.32 Å². The maximum absolute atomic E-state index is 13.9. The van der Waals surface area contributed by atoms with Gasteiger partial charge in [0.1, 0.15) is 11.9 Å². The van der Waals surface area contributed by atoms with Gasteiger partial charge >= 0.3 is 0 Å². The number of alkyl halides is 1. The van der Waals surface area contributed by atoms with Crippen LogP contribution in [0.15, 0.2) is 24.3 Å². The second kappa shape index (κ2) is 7.33. The molecule has 0 bridgehead atoms. The number of unbranched alkanes of at least 4 members (excludes halogenated alkanes) is 2. The van der Waals surface area contributed by atoms with Crippen molar-refractivity contribution in [2.24, 2.45) is 0 Å². The van der Waals surface area contributed by atoms with E-state index < -0.39 is 6.04 Å². The maximum atomic E-state index is 13.9. The lowest BCUT2D eigenvalue weighted by Gasteiger charge is -2.35. The molecule has 3 nitrogen and oxygen atoms in total. The third-order valence-electron chi connectivity index (χ3n) is 3.59. The first kappa shape index (κ1) is 14.9. The van der Waals surface area contributed by atoms with Crippen LogP contribution in [0, 0.1) is 5.82 Å². The van der Waals surface area contributed by atoms with Crippen molar-refractivity contribution >= 4 is 5.91 Å². The van der Waals surface area contributed by atoms with Crippen LogP contribution in [0.1, 0.15) is 30.9 Å². The van der Waals surface area contributed by atoms with Gasteiger partial charge in [-0.05, 0) is 31.9 Å². The second-order valence-corrected chi connectivity index (χ2v) is 5.00. The Kier molecular flexibility index (Phi) is 5.47. The highest BCUT2D eigenvalue weighted by Gasteiger charge is 2.32. The summed E-state index contributed by atoms with van der Waals surface area (Å²) in [6.45, 7) is 1.65. The Bertz CT molecular complexity index is 453. The molecule has 0 aromatic heterocycles. The molecule has 1 saturated heterocycles. The number of rotatable bonds is 6. The van der Waals surface area contributed by atoms with Crippen LogP contribution in [0.4, 0.5) is 8.78 Å². The number of nitrogens with zero attached hydrogens (tertiary/aromatic N) is 1. The number of carbonyl (C=O) groups is 1. The molecule has 1 heterocycles. The van der Waals surface area contributed by atoms with Gasteiger partial charge in [0.25, 0.3) is 0 Å². The summed E-state index contributed by atoms with van der Waals surface area (Å²) in [5.74, 6) is -0.518. The standard InChI is InChI=1S/C15H20F2N2O/c16-8-4-1-5-10-19-11-9-18-15(20)14(19)12-6-2-3-7-13(12)17/h2-3,6-7,14H,1,4-5,8-11H2,(H,18,20)/t14-/m0/s1. The monoisotopic (exact) mass is 282 g/mol. The molecule has 1 atom stereocenters. The largest absolute Gasteiger partial charge is 0.353 e. The molecular formula is C15H20F2N2O. The lowest BCUT2D eigenvalue weighted by atomic mass is 10.0. The minimum Gasteiger partial charge on any atom is -0.353 e. The van der Waals surface area contributed by atoms with Crippen LogP contribution in [0.5, 0.6) is 0 Å². The summed E-state index contributed by atoms with van der Waals surface area (Å²) in [4.78, 5) is 14.0. The van der Waals surface area contributed by atoms with Crippen LogP contribution in [-0.2, 0) is 4.79 Å². The van der Waals surface area contributed by atoms with Crippen molar-refractivity contribution in [3.05, 3.63) is 35.6 Å². The van der Waals surface area contributed by atoms with E-state index in [4.69, 9.17) is 0 Å². The summed E-state index contributed by atoms with van der Waals surface area (Å²) in [7, 11) is 0. The molecule has 5 heteroatoms. The number of nitrogens with one attached hydrogen (secondary N) is 1. The molecule has 1 aliphatic rings. The average molecular weight is 282 g/mol. The van der Waals surface area contributed by atoms with Gasteiger partial charge in [-0.15, -0.1) is 0 Å². The normalized spacial score (nSPS) is 19.9. The Hall–Kier alpha value is -1.49. The van der Waals surface area contributed by atoms with Crippen molar-refractivity contribution < 1.29 is 13.6 Å². The van der Waals surface area contributed by atoms with Gasteiger partial charge in [0.15, 0.2) is 0 Å². The lowest BCUT2D eigenvalue weighted by Crippen LogP contribution is -2.50. The highest BCUT2D eigenvalue weighted by molar-refractivity contribution is 5.84. The van der Waals surface area contributed by atoms with Crippen molar-refractivity contribution in [2.45, 2.75) is 25.3 Å². The van der Waals surface area contributed by atoms with E-state index in [0.29, 0.717) is 31.6 Å². The quantitative estimate of drug-likeness (QED) is 0.813. The fraction of sp³-hybridized carbons (Fsp3) is 0.533. The summed E-state index contributed by atoms with van der Waals surface area (Å²) in [6.07, 6.45) is 2.16. The van der Waals surface area contributed by atoms with Gasteiger partial charge in [0, 0.05) is 18.7 Å². The topological polar surface area (TPSA) is 32.3 Å². The van der Waals surface area contributed by atoms with Crippen molar-refractivity contribution in [3.63, 3.8) is 0 Å². The number of benzene rings is 1. The average Bonchev–Trinajstić information content (AvgIpc) is 2.45. The van der Waals surface area contributed by atoms with Crippen molar-refractivity contribution in [1.82, 2.24) is 10.2 Å². The third kappa shape index (κ3) is 3.54. The third-order valence-corrected chi connectivity index (χ3v) is 3.59. The zero-order valence-corrected chi connectivity index (χ0v) is 11.4. The minimum atomic E-state index is -0.574. The molecule has 0 unspecified atom stereocenters. The first-order valence-electron chi connectivity index (χ1n) is 7.06. The summed E-state index contributed by atoms with van der Waals surface area (Å²) >= 11 is 0. The van der Waals surface area contributed by atoms with Crippen LogP contribution in [0.3, 0.4) is 0 Å². The molecule has 20 heavy (non-hydrogen) atoms. The van der Waals surface area contributed by atoms with Crippen LogP contribution in [-0.4, -0.2) is 37.1 Å². The Morgan fingerprint density at radius 1 is 1.25 bits per heavy atom. The molecule has 0 radical (unpaired) electrons. The van der Waals surface area contributed by atoms with Gasteiger partial charge in [-0.2, -0.15) is 0 Å². The molecule has 1 N–H and O–H groups in total. The molecule has 0 spiro atoms. The Balaban J connectivity index is 2.08.